The molecule has 9 N–H and O–H groups in total. The highest BCUT2D eigenvalue weighted by atomic mass is 16.8. The molecule has 5 heterocycles. The van der Waals surface area contributed by atoms with Gasteiger partial charge in [-0.25, -0.2) is 0 Å². The van der Waals surface area contributed by atoms with Gasteiger partial charge in [-0.1, -0.05) is 27.7 Å². The summed E-state index contributed by atoms with van der Waals surface area (Å²) >= 11 is 0. The van der Waals surface area contributed by atoms with Crippen LogP contribution in [0.3, 0.4) is 0 Å². The van der Waals surface area contributed by atoms with Crippen molar-refractivity contribution in [2.24, 2.45) is 52.3 Å². The third kappa shape index (κ3) is 7.56. The first-order valence-corrected chi connectivity index (χ1v) is 23.7. The van der Waals surface area contributed by atoms with Crippen molar-refractivity contribution >= 4 is 0 Å². The molecule has 0 amide bonds. The summed E-state index contributed by atoms with van der Waals surface area (Å²) in [5.74, 6) is 3.19. The van der Waals surface area contributed by atoms with Gasteiger partial charge in [0.05, 0.1) is 38.1 Å². The lowest BCUT2D eigenvalue weighted by Gasteiger charge is -2.61. The molecule has 9 fully saturated rings. The number of hydrogen-bond acceptors (Lipinski definition) is 17. The molecule has 0 bridgehead atoms. The summed E-state index contributed by atoms with van der Waals surface area (Å²) in [6.07, 6.45) is -12.9. The molecule has 0 aromatic rings. The van der Waals surface area contributed by atoms with Crippen LogP contribution >= 0.6 is 0 Å². The topological polar surface area (TPSA) is 256 Å². The molecule has 17 heteroatoms. The highest BCUT2D eigenvalue weighted by Gasteiger charge is 2.69. The zero-order chi connectivity index (χ0) is 44.2. The largest absolute Gasteiger partial charge is 0.394 e. The zero-order valence-corrected chi connectivity index (χ0v) is 36.8. The molecule has 5 aliphatic heterocycles. The van der Waals surface area contributed by atoms with Crippen molar-refractivity contribution in [3.05, 3.63) is 0 Å². The fourth-order valence-electron chi connectivity index (χ4n) is 14.6. The van der Waals surface area contributed by atoms with Crippen molar-refractivity contribution in [2.45, 2.75) is 209 Å². The van der Waals surface area contributed by atoms with Crippen molar-refractivity contribution < 1.29 is 83.9 Å². The second kappa shape index (κ2) is 17.4. The van der Waals surface area contributed by atoms with E-state index in [1.807, 2.05) is 0 Å². The second-order valence-electron chi connectivity index (χ2n) is 21.5. The van der Waals surface area contributed by atoms with E-state index in [0.717, 1.165) is 51.6 Å². The molecule has 4 aliphatic carbocycles. The molecule has 0 radical (unpaired) electrons. The standard InChI is InChI=1S/C45H74O17/c1-19-8-13-45(55-18-19)20(2)30-27(62-45)15-26-24-7-6-22-14-23(9-11-43(22,4)25(24)10-12-44(26,30)5)57-41-38(35(52)32(49)28(16-46)58-41)61-42-39(36(53)33(50)29(17-47)59-42)60-40-37(54)34(51)31(48)21(3)56-40/h19-42,46-54H,6-18H2,1-5H3. The fraction of sp³-hybridized carbons (Fsp3) is 1.00. The maximum absolute atomic E-state index is 11.5. The van der Waals surface area contributed by atoms with Crippen molar-refractivity contribution in [3.63, 3.8) is 0 Å². The summed E-state index contributed by atoms with van der Waals surface area (Å²) in [6, 6.07) is 0. The Morgan fingerprint density at radius 1 is 0.581 bits per heavy atom. The number of ether oxygens (including phenoxy) is 8. The molecule has 0 aromatic carbocycles. The Labute approximate surface area is 364 Å². The predicted molar refractivity (Wildman–Crippen MR) is 214 cm³/mol. The Bertz CT molecular complexity index is 1550. The van der Waals surface area contributed by atoms with Crippen LogP contribution in [0.15, 0.2) is 0 Å². The molecule has 9 rings (SSSR count). The molecule has 62 heavy (non-hydrogen) atoms. The van der Waals surface area contributed by atoms with Crippen LogP contribution in [0.4, 0.5) is 0 Å². The summed E-state index contributed by atoms with van der Waals surface area (Å²) in [4.78, 5) is 0. The first-order valence-electron chi connectivity index (χ1n) is 23.7. The van der Waals surface area contributed by atoms with Gasteiger partial charge < -0.3 is 83.9 Å². The van der Waals surface area contributed by atoms with Crippen LogP contribution < -0.4 is 0 Å². The minimum atomic E-state index is -1.80. The van der Waals surface area contributed by atoms with Gasteiger partial charge in [0.25, 0.3) is 0 Å². The van der Waals surface area contributed by atoms with Gasteiger partial charge >= 0.3 is 0 Å². The number of aliphatic hydroxyl groups is 9. The van der Waals surface area contributed by atoms with Gasteiger partial charge in [0.1, 0.15) is 67.1 Å². The van der Waals surface area contributed by atoms with Crippen LogP contribution in [0.25, 0.3) is 0 Å². The summed E-state index contributed by atoms with van der Waals surface area (Å²) < 4.78 is 49.9. The first kappa shape index (κ1) is 46.4. The minimum Gasteiger partial charge on any atom is -0.394 e. The normalized spacial score (nSPS) is 58.9. The SMILES string of the molecule is CC1CCC2(OC1)OC1CC3C4CCC5CC(OC6OC(CO)C(O)C(O)C6OC6OC(CO)C(O)C(O)C6OC6OC(C)C(O)C(O)C6O)CCC5(C)C4CCC3(C)C1C2C. The van der Waals surface area contributed by atoms with E-state index in [2.05, 4.69) is 27.7 Å². The van der Waals surface area contributed by atoms with Gasteiger partial charge in [-0.05, 0) is 111 Å². The van der Waals surface area contributed by atoms with Gasteiger partial charge in [-0.3, -0.25) is 0 Å². The highest BCUT2D eigenvalue weighted by molar-refractivity contribution is 5.15. The molecule has 0 aromatic heterocycles. The summed E-state index contributed by atoms with van der Waals surface area (Å²) in [5, 5.41) is 96.2. The van der Waals surface area contributed by atoms with Gasteiger partial charge in [0.15, 0.2) is 24.7 Å². The minimum absolute atomic E-state index is 0.106. The van der Waals surface area contributed by atoms with E-state index in [-0.39, 0.29) is 23.0 Å². The van der Waals surface area contributed by atoms with Crippen LogP contribution in [-0.2, 0) is 37.9 Å². The summed E-state index contributed by atoms with van der Waals surface area (Å²) in [5.41, 5.74) is 0.323. The number of aliphatic hydroxyl groups excluding tert-OH is 9. The molecule has 27 atom stereocenters. The Morgan fingerprint density at radius 3 is 1.84 bits per heavy atom. The number of fused-ring (bicyclic) bond motifs is 7. The lowest BCUT2D eigenvalue weighted by molar-refractivity contribution is -0.395. The van der Waals surface area contributed by atoms with Crippen LogP contribution in [0.5, 0.6) is 0 Å². The average Bonchev–Trinajstić information content (AvgIpc) is 3.70. The summed E-state index contributed by atoms with van der Waals surface area (Å²) in [7, 11) is 0. The van der Waals surface area contributed by atoms with Crippen molar-refractivity contribution in [2.75, 3.05) is 19.8 Å². The molecule has 9 aliphatic rings. The Kier molecular flexibility index (Phi) is 13.1. The van der Waals surface area contributed by atoms with E-state index in [1.165, 1.54) is 19.8 Å². The number of hydrogen-bond donors (Lipinski definition) is 9. The van der Waals surface area contributed by atoms with Crippen molar-refractivity contribution in [1.82, 2.24) is 0 Å². The molecular weight excluding hydrogens is 812 g/mol. The lowest BCUT2D eigenvalue weighted by Crippen LogP contribution is -2.67. The quantitative estimate of drug-likeness (QED) is 0.149. The van der Waals surface area contributed by atoms with Gasteiger partial charge in [-0.2, -0.15) is 0 Å². The Morgan fingerprint density at radius 2 is 1.21 bits per heavy atom. The first-order chi connectivity index (χ1) is 29.4. The van der Waals surface area contributed by atoms with E-state index < -0.39 is 111 Å². The third-order valence-corrected chi connectivity index (χ3v) is 18.3. The van der Waals surface area contributed by atoms with Gasteiger partial charge in [0.2, 0.25) is 0 Å². The van der Waals surface area contributed by atoms with Gasteiger partial charge in [0, 0.05) is 12.3 Å². The highest BCUT2D eigenvalue weighted by Crippen LogP contribution is 2.71. The average molecular weight is 887 g/mol. The summed E-state index contributed by atoms with van der Waals surface area (Å²) in [6.45, 7) is 10.5. The third-order valence-electron chi connectivity index (χ3n) is 18.3. The van der Waals surface area contributed by atoms with Gasteiger partial charge in [-0.15, -0.1) is 0 Å². The van der Waals surface area contributed by atoms with Crippen LogP contribution in [0.2, 0.25) is 0 Å². The van der Waals surface area contributed by atoms with Crippen molar-refractivity contribution in [1.29, 1.82) is 0 Å². The van der Waals surface area contributed by atoms with E-state index in [9.17, 15) is 46.0 Å². The monoisotopic (exact) mass is 886 g/mol. The molecule has 27 unspecified atom stereocenters. The second-order valence-corrected chi connectivity index (χ2v) is 21.5. The molecular formula is C45H74O17. The molecule has 5 saturated heterocycles. The smallest absolute Gasteiger partial charge is 0.187 e. The maximum Gasteiger partial charge on any atom is 0.187 e. The molecule has 17 nitrogen and oxygen atoms in total. The Hall–Kier alpha value is -0.680. The molecule has 4 saturated carbocycles. The molecule has 1 spiro atoms. The molecule has 356 valence electrons. The maximum atomic E-state index is 11.5. The van der Waals surface area contributed by atoms with E-state index in [0.29, 0.717) is 47.8 Å². The van der Waals surface area contributed by atoms with Crippen LogP contribution in [0.1, 0.15) is 98.8 Å². The fourth-order valence-corrected chi connectivity index (χ4v) is 14.6. The Balaban J connectivity index is 0.889. The van der Waals surface area contributed by atoms with Crippen molar-refractivity contribution in [3.8, 4) is 0 Å². The zero-order valence-electron chi connectivity index (χ0n) is 36.8. The van der Waals surface area contributed by atoms with E-state index in [4.69, 9.17) is 37.9 Å². The van der Waals surface area contributed by atoms with Crippen LogP contribution in [-0.4, -0.2) is 176 Å². The number of rotatable bonds is 8. The predicted octanol–water partition coefficient (Wildman–Crippen LogP) is 0.294. The van der Waals surface area contributed by atoms with E-state index in [1.54, 1.807) is 0 Å². The van der Waals surface area contributed by atoms with Crippen LogP contribution in [0, 0.1) is 52.3 Å². The van der Waals surface area contributed by atoms with E-state index >= 15 is 0 Å². The lowest BCUT2D eigenvalue weighted by atomic mass is 9.44.